The number of aliphatic carboxylic acids is 1. The SMILES string of the molecule is O=C(O)CCCCCCC(=O)NCCc1ccccc1. The molecule has 20 heavy (non-hydrogen) atoms. The molecule has 1 rings (SSSR count). The van der Waals surface area contributed by atoms with E-state index in [-0.39, 0.29) is 12.3 Å². The lowest BCUT2D eigenvalue weighted by molar-refractivity contribution is -0.137. The molecule has 110 valence electrons. The van der Waals surface area contributed by atoms with Gasteiger partial charge in [-0.2, -0.15) is 0 Å². The molecule has 0 fully saturated rings. The highest BCUT2D eigenvalue weighted by Gasteiger charge is 2.01. The van der Waals surface area contributed by atoms with Crippen LogP contribution in [0.5, 0.6) is 0 Å². The van der Waals surface area contributed by atoms with Crippen LogP contribution in [0.15, 0.2) is 30.3 Å². The first-order chi connectivity index (χ1) is 9.68. The van der Waals surface area contributed by atoms with Crippen molar-refractivity contribution < 1.29 is 14.7 Å². The van der Waals surface area contributed by atoms with Crippen LogP contribution in [0.25, 0.3) is 0 Å². The summed E-state index contributed by atoms with van der Waals surface area (Å²) in [6.45, 7) is 0.669. The van der Waals surface area contributed by atoms with Gasteiger partial charge in [-0.15, -0.1) is 0 Å². The van der Waals surface area contributed by atoms with E-state index in [1.54, 1.807) is 0 Å². The second kappa shape index (κ2) is 10.0. The first-order valence-corrected chi connectivity index (χ1v) is 7.21. The van der Waals surface area contributed by atoms with Crippen molar-refractivity contribution >= 4 is 11.9 Å². The summed E-state index contributed by atoms with van der Waals surface area (Å²) in [5.74, 6) is -0.664. The fourth-order valence-corrected chi connectivity index (χ4v) is 1.99. The highest BCUT2D eigenvalue weighted by molar-refractivity contribution is 5.75. The smallest absolute Gasteiger partial charge is 0.303 e. The average Bonchev–Trinajstić information content (AvgIpc) is 2.43. The lowest BCUT2D eigenvalue weighted by Gasteiger charge is -2.05. The molecule has 0 saturated heterocycles. The quantitative estimate of drug-likeness (QED) is 0.646. The Hall–Kier alpha value is -1.84. The normalized spacial score (nSPS) is 10.2. The molecule has 0 saturated carbocycles. The second-order valence-corrected chi connectivity index (χ2v) is 4.89. The Morgan fingerprint density at radius 2 is 1.60 bits per heavy atom. The van der Waals surface area contributed by atoms with Gasteiger partial charge in [-0.1, -0.05) is 43.2 Å². The Labute approximate surface area is 120 Å². The number of rotatable bonds is 10. The molecule has 4 heteroatoms. The van der Waals surface area contributed by atoms with Gasteiger partial charge >= 0.3 is 5.97 Å². The minimum Gasteiger partial charge on any atom is -0.481 e. The summed E-state index contributed by atoms with van der Waals surface area (Å²) in [6.07, 6.45) is 4.93. The molecule has 0 aliphatic carbocycles. The van der Waals surface area contributed by atoms with Gasteiger partial charge in [0.25, 0.3) is 0 Å². The van der Waals surface area contributed by atoms with E-state index in [1.165, 1.54) is 5.56 Å². The minimum absolute atomic E-state index is 0.0826. The molecular weight excluding hydrogens is 254 g/mol. The minimum atomic E-state index is -0.747. The number of carboxylic acids is 1. The first kappa shape index (κ1) is 16.2. The second-order valence-electron chi connectivity index (χ2n) is 4.89. The molecule has 0 radical (unpaired) electrons. The molecule has 4 nitrogen and oxygen atoms in total. The van der Waals surface area contributed by atoms with Crippen LogP contribution in [0.2, 0.25) is 0 Å². The van der Waals surface area contributed by atoms with Gasteiger partial charge < -0.3 is 10.4 Å². The van der Waals surface area contributed by atoms with E-state index in [1.807, 2.05) is 18.2 Å². The Morgan fingerprint density at radius 1 is 0.950 bits per heavy atom. The number of carbonyl (C=O) groups is 2. The van der Waals surface area contributed by atoms with Crippen LogP contribution in [0.4, 0.5) is 0 Å². The van der Waals surface area contributed by atoms with Crippen molar-refractivity contribution in [2.45, 2.75) is 44.9 Å². The number of nitrogens with one attached hydrogen (secondary N) is 1. The Balaban J connectivity index is 1.97. The number of benzene rings is 1. The van der Waals surface area contributed by atoms with Crippen LogP contribution in [0, 0.1) is 0 Å². The zero-order valence-corrected chi connectivity index (χ0v) is 11.8. The summed E-state index contributed by atoms with van der Waals surface area (Å²) in [4.78, 5) is 21.9. The van der Waals surface area contributed by atoms with Gasteiger partial charge in [-0.25, -0.2) is 0 Å². The number of hydrogen-bond donors (Lipinski definition) is 2. The summed E-state index contributed by atoms with van der Waals surface area (Å²) in [5.41, 5.74) is 1.22. The molecule has 0 unspecified atom stereocenters. The van der Waals surface area contributed by atoms with Crippen LogP contribution in [0.1, 0.15) is 44.1 Å². The van der Waals surface area contributed by atoms with E-state index in [0.29, 0.717) is 19.4 Å². The highest BCUT2D eigenvalue weighted by Crippen LogP contribution is 2.05. The molecule has 0 aliphatic rings. The zero-order valence-electron chi connectivity index (χ0n) is 11.8. The van der Waals surface area contributed by atoms with Crippen LogP contribution in [-0.2, 0) is 16.0 Å². The maximum Gasteiger partial charge on any atom is 0.303 e. The molecule has 0 heterocycles. The number of carboxylic acid groups (broad SMARTS) is 1. The van der Waals surface area contributed by atoms with E-state index in [0.717, 1.165) is 25.7 Å². The molecule has 1 aromatic carbocycles. The summed E-state index contributed by atoms with van der Waals surface area (Å²) in [5, 5.41) is 11.4. The molecule has 1 amide bonds. The molecule has 0 aromatic heterocycles. The molecule has 1 aromatic rings. The van der Waals surface area contributed by atoms with Crippen molar-refractivity contribution in [3.05, 3.63) is 35.9 Å². The van der Waals surface area contributed by atoms with E-state index in [9.17, 15) is 9.59 Å². The van der Waals surface area contributed by atoms with Crippen molar-refractivity contribution in [1.29, 1.82) is 0 Å². The van der Waals surface area contributed by atoms with Crippen molar-refractivity contribution in [1.82, 2.24) is 5.32 Å². The van der Waals surface area contributed by atoms with Crippen molar-refractivity contribution in [2.24, 2.45) is 0 Å². The summed E-state index contributed by atoms with van der Waals surface area (Å²) in [6, 6.07) is 10.1. The number of amides is 1. The van der Waals surface area contributed by atoms with E-state index in [2.05, 4.69) is 17.4 Å². The third-order valence-corrected chi connectivity index (χ3v) is 3.12. The first-order valence-electron chi connectivity index (χ1n) is 7.21. The van der Waals surface area contributed by atoms with Crippen LogP contribution >= 0.6 is 0 Å². The third kappa shape index (κ3) is 8.29. The van der Waals surface area contributed by atoms with Gasteiger partial charge in [0.05, 0.1) is 0 Å². The zero-order chi connectivity index (χ0) is 14.6. The van der Waals surface area contributed by atoms with Gasteiger partial charge in [-0.3, -0.25) is 9.59 Å². The van der Waals surface area contributed by atoms with Crippen LogP contribution in [-0.4, -0.2) is 23.5 Å². The topological polar surface area (TPSA) is 66.4 Å². The summed E-state index contributed by atoms with van der Waals surface area (Å²) < 4.78 is 0. The fraction of sp³-hybridized carbons (Fsp3) is 0.500. The van der Waals surface area contributed by atoms with E-state index >= 15 is 0 Å². The number of hydrogen-bond acceptors (Lipinski definition) is 2. The molecular formula is C16H23NO3. The van der Waals surface area contributed by atoms with Gasteiger partial charge in [-0.05, 0) is 24.8 Å². The molecule has 0 aliphatic heterocycles. The lowest BCUT2D eigenvalue weighted by Crippen LogP contribution is -2.25. The average molecular weight is 277 g/mol. The highest BCUT2D eigenvalue weighted by atomic mass is 16.4. The molecule has 0 bridgehead atoms. The molecule has 2 N–H and O–H groups in total. The van der Waals surface area contributed by atoms with Crippen molar-refractivity contribution in [2.75, 3.05) is 6.54 Å². The largest absolute Gasteiger partial charge is 0.481 e. The van der Waals surface area contributed by atoms with Crippen LogP contribution < -0.4 is 5.32 Å². The maximum atomic E-state index is 11.6. The van der Waals surface area contributed by atoms with Crippen molar-refractivity contribution in [3.8, 4) is 0 Å². The lowest BCUT2D eigenvalue weighted by atomic mass is 10.1. The fourth-order valence-electron chi connectivity index (χ4n) is 1.99. The number of unbranched alkanes of at least 4 members (excludes halogenated alkanes) is 3. The third-order valence-electron chi connectivity index (χ3n) is 3.12. The van der Waals surface area contributed by atoms with Gasteiger partial charge in [0.1, 0.15) is 0 Å². The van der Waals surface area contributed by atoms with Gasteiger partial charge in [0.2, 0.25) is 5.91 Å². The van der Waals surface area contributed by atoms with E-state index in [4.69, 9.17) is 5.11 Å². The summed E-state index contributed by atoms with van der Waals surface area (Å²) >= 11 is 0. The van der Waals surface area contributed by atoms with Gasteiger partial charge in [0, 0.05) is 19.4 Å². The number of carbonyl (C=O) groups excluding carboxylic acids is 1. The van der Waals surface area contributed by atoms with Crippen molar-refractivity contribution in [3.63, 3.8) is 0 Å². The predicted molar refractivity (Wildman–Crippen MR) is 78.5 cm³/mol. The maximum absolute atomic E-state index is 11.6. The Bertz CT molecular complexity index is 403. The molecule has 0 spiro atoms. The Kier molecular flexibility index (Phi) is 8.11. The Morgan fingerprint density at radius 3 is 2.25 bits per heavy atom. The summed E-state index contributed by atoms with van der Waals surface area (Å²) in [7, 11) is 0. The van der Waals surface area contributed by atoms with Crippen LogP contribution in [0.3, 0.4) is 0 Å². The van der Waals surface area contributed by atoms with Gasteiger partial charge in [0.15, 0.2) is 0 Å². The van der Waals surface area contributed by atoms with E-state index < -0.39 is 5.97 Å². The monoisotopic (exact) mass is 277 g/mol. The predicted octanol–water partition coefficient (Wildman–Crippen LogP) is 2.77. The standard InChI is InChI=1S/C16H23NO3/c18-15(10-6-1-2-7-11-16(19)20)17-13-12-14-8-4-3-5-9-14/h3-5,8-9H,1-2,6-7,10-13H2,(H,17,18)(H,19,20). The molecule has 0 atom stereocenters.